The van der Waals surface area contributed by atoms with Gasteiger partial charge in [-0.1, -0.05) is 85.8 Å². The van der Waals surface area contributed by atoms with E-state index in [-0.39, 0.29) is 36.0 Å². The van der Waals surface area contributed by atoms with Crippen molar-refractivity contribution in [3.63, 3.8) is 0 Å². The number of carbonyl (C=O) groups excluding carboxylic acids is 2. The molecule has 2 atom stereocenters. The quantitative estimate of drug-likeness (QED) is 0.357. The topological polar surface area (TPSA) is 49.4 Å². The maximum absolute atomic E-state index is 14.6. The van der Waals surface area contributed by atoms with E-state index in [0.29, 0.717) is 17.7 Å². The molecule has 184 valence electrons. The van der Waals surface area contributed by atoms with Gasteiger partial charge in [0.2, 0.25) is 11.8 Å². The van der Waals surface area contributed by atoms with Crippen molar-refractivity contribution < 1.29 is 14.0 Å². The molecule has 0 aromatic heterocycles. The Hall–Kier alpha value is -3.12. The summed E-state index contributed by atoms with van der Waals surface area (Å²) in [5.41, 5.74) is 2.46. The Labute approximate surface area is 211 Å². The Morgan fingerprint density at radius 3 is 2.14 bits per heavy atom. The third-order valence-corrected chi connectivity index (χ3v) is 6.90. The van der Waals surface area contributed by atoms with Gasteiger partial charge in [-0.25, -0.2) is 4.39 Å². The van der Waals surface area contributed by atoms with Crippen LogP contribution in [0.1, 0.15) is 37.0 Å². The number of hydrogen-bond donors (Lipinski definition) is 1. The molecule has 3 rings (SSSR count). The number of amides is 2. The van der Waals surface area contributed by atoms with E-state index in [2.05, 4.69) is 5.32 Å². The summed E-state index contributed by atoms with van der Waals surface area (Å²) in [6.45, 7) is 3.97. The monoisotopic (exact) mass is 492 g/mol. The normalized spacial score (nSPS) is 12.5. The van der Waals surface area contributed by atoms with E-state index in [9.17, 15) is 14.0 Å². The highest BCUT2D eigenvalue weighted by molar-refractivity contribution is 7.99. The van der Waals surface area contributed by atoms with E-state index in [0.717, 1.165) is 17.5 Å². The van der Waals surface area contributed by atoms with E-state index >= 15 is 0 Å². The lowest BCUT2D eigenvalue weighted by Gasteiger charge is -2.32. The maximum atomic E-state index is 14.6. The minimum absolute atomic E-state index is 0.0290. The molecular formula is C29H33FN2O2S. The number of nitrogens with one attached hydrogen (secondary N) is 1. The SMILES string of the molecule is CCC(C)NC(=O)C(Cc1ccccc1)N(Cc1ccccc1F)C(=O)CSCc1ccccc1. The van der Waals surface area contributed by atoms with Crippen LogP contribution >= 0.6 is 11.8 Å². The van der Waals surface area contributed by atoms with Crippen LogP contribution in [0.2, 0.25) is 0 Å². The zero-order valence-corrected chi connectivity index (χ0v) is 21.1. The highest BCUT2D eigenvalue weighted by atomic mass is 32.2. The number of thioether (sulfide) groups is 1. The van der Waals surface area contributed by atoms with Crippen LogP contribution in [0.25, 0.3) is 0 Å². The van der Waals surface area contributed by atoms with E-state index < -0.39 is 6.04 Å². The number of nitrogens with zero attached hydrogens (tertiary/aromatic N) is 1. The highest BCUT2D eigenvalue weighted by Gasteiger charge is 2.31. The molecule has 3 aromatic rings. The molecule has 0 aliphatic carbocycles. The second-order valence-electron chi connectivity index (χ2n) is 8.61. The molecule has 4 nitrogen and oxygen atoms in total. The third-order valence-electron chi connectivity index (χ3n) is 5.91. The van der Waals surface area contributed by atoms with Gasteiger partial charge in [-0.3, -0.25) is 9.59 Å². The molecule has 0 saturated heterocycles. The van der Waals surface area contributed by atoms with Crippen molar-refractivity contribution in [1.29, 1.82) is 0 Å². The van der Waals surface area contributed by atoms with Crippen molar-refractivity contribution in [3.05, 3.63) is 107 Å². The van der Waals surface area contributed by atoms with Gasteiger partial charge in [0.05, 0.1) is 5.75 Å². The summed E-state index contributed by atoms with van der Waals surface area (Å²) in [6.07, 6.45) is 1.13. The predicted octanol–water partition coefficient (Wildman–Crippen LogP) is 5.61. The van der Waals surface area contributed by atoms with Crippen LogP contribution in [0.15, 0.2) is 84.9 Å². The van der Waals surface area contributed by atoms with E-state index in [1.54, 1.807) is 23.1 Å². The van der Waals surface area contributed by atoms with Crippen molar-refractivity contribution in [2.24, 2.45) is 0 Å². The number of halogens is 1. The lowest BCUT2D eigenvalue weighted by Crippen LogP contribution is -2.52. The summed E-state index contributed by atoms with van der Waals surface area (Å²) in [4.78, 5) is 28.5. The number of benzene rings is 3. The van der Waals surface area contributed by atoms with Gasteiger partial charge in [-0.2, -0.15) is 0 Å². The zero-order chi connectivity index (χ0) is 25.0. The largest absolute Gasteiger partial charge is 0.352 e. The van der Waals surface area contributed by atoms with Gasteiger partial charge in [0.1, 0.15) is 11.9 Å². The highest BCUT2D eigenvalue weighted by Crippen LogP contribution is 2.20. The fourth-order valence-electron chi connectivity index (χ4n) is 3.72. The molecule has 0 radical (unpaired) electrons. The summed E-state index contributed by atoms with van der Waals surface area (Å²) in [5, 5.41) is 3.03. The molecule has 3 aromatic carbocycles. The van der Waals surface area contributed by atoms with Crippen molar-refractivity contribution in [2.75, 3.05) is 5.75 Å². The Bertz CT molecular complexity index is 1080. The van der Waals surface area contributed by atoms with Crippen LogP contribution < -0.4 is 5.32 Å². The van der Waals surface area contributed by atoms with Crippen LogP contribution in [-0.2, 0) is 28.3 Å². The number of rotatable bonds is 12. The smallest absolute Gasteiger partial charge is 0.243 e. The summed E-state index contributed by atoms with van der Waals surface area (Å²) >= 11 is 1.49. The average molecular weight is 493 g/mol. The number of hydrogen-bond acceptors (Lipinski definition) is 3. The Balaban J connectivity index is 1.87. The first-order chi connectivity index (χ1) is 17.0. The first kappa shape index (κ1) is 26.5. The molecule has 0 heterocycles. The van der Waals surface area contributed by atoms with Gasteiger partial charge in [-0.05, 0) is 30.5 Å². The minimum Gasteiger partial charge on any atom is -0.352 e. The van der Waals surface area contributed by atoms with Crippen LogP contribution in [0.4, 0.5) is 4.39 Å². The molecule has 0 spiro atoms. The van der Waals surface area contributed by atoms with E-state index in [1.807, 2.05) is 74.5 Å². The molecule has 0 aliphatic heterocycles. The van der Waals surface area contributed by atoms with Crippen LogP contribution in [0.5, 0.6) is 0 Å². The Morgan fingerprint density at radius 2 is 1.51 bits per heavy atom. The van der Waals surface area contributed by atoms with Gasteiger partial charge in [0.25, 0.3) is 0 Å². The summed E-state index contributed by atoms with van der Waals surface area (Å²) < 4.78 is 14.6. The first-order valence-corrected chi connectivity index (χ1v) is 13.1. The van der Waals surface area contributed by atoms with Gasteiger partial charge >= 0.3 is 0 Å². The number of carbonyl (C=O) groups is 2. The molecule has 0 saturated carbocycles. The first-order valence-electron chi connectivity index (χ1n) is 12.0. The Kier molecular flexibility index (Phi) is 10.4. The lowest BCUT2D eigenvalue weighted by molar-refractivity contribution is -0.139. The maximum Gasteiger partial charge on any atom is 0.243 e. The van der Waals surface area contributed by atoms with Crippen molar-refractivity contribution in [2.45, 2.75) is 51.1 Å². The molecule has 0 bridgehead atoms. The van der Waals surface area contributed by atoms with E-state index in [1.165, 1.54) is 17.8 Å². The minimum atomic E-state index is -0.754. The molecule has 2 unspecified atom stereocenters. The second kappa shape index (κ2) is 13.7. The summed E-state index contributed by atoms with van der Waals surface area (Å²) in [6, 6.07) is 25.2. The average Bonchev–Trinajstić information content (AvgIpc) is 2.88. The van der Waals surface area contributed by atoms with E-state index in [4.69, 9.17) is 0 Å². The molecule has 0 aliphatic rings. The lowest BCUT2D eigenvalue weighted by atomic mass is 10.0. The van der Waals surface area contributed by atoms with Gasteiger partial charge < -0.3 is 10.2 Å². The van der Waals surface area contributed by atoms with Crippen LogP contribution in [0.3, 0.4) is 0 Å². The predicted molar refractivity (Wildman–Crippen MR) is 141 cm³/mol. The fraction of sp³-hybridized carbons (Fsp3) is 0.310. The molecule has 1 N–H and O–H groups in total. The van der Waals surface area contributed by atoms with Crippen LogP contribution in [0, 0.1) is 5.82 Å². The molecular weight excluding hydrogens is 459 g/mol. The van der Waals surface area contributed by atoms with Gasteiger partial charge in [0.15, 0.2) is 0 Å². The molecule has 6 heteroatoms. The van der Waals surface area contributed by atoms with Gasteiger partial charge in [0, 0.05) is 30.3 Å². The zero-order valence-electron chi connectivity index (χ0n) is 20.3. The van der Waals surface area contributed by atoms with Crippen LogP contribution in [-0.4, -0.2) is 34.6 Å². The third kappa shape index (κ3) is 8.25. The summed E-state index contributed by atoms with van der Waals surface area (Å²) in [5.74, 6) is 0.0896. The van der Waals surface area contributed by atoms with Crippen molar-refractivity contribution >= 4 is 23.6 Å². The fourth-order valence-corrected chi connectivity index (χ4v) is 4.59. The summed E-state index contributed by atoms with van der Waals surface area (Å²) in [7, 11) is 0. The Morgan fingerprint density at radius 1 is 0.914 bits per heavy atom. The second-order valence-corrected chi connectivity index (χ2v) is 9.60. The molecule has 2 amide bonds. The van der Waals surface area contributed by atoms with Crippen molar-refractivity contribution in [3.8, 4) is 0 Å². The molecule has 0 fully saturated rings. The molecule has 35 heavy (non-hydrogen) atoms. The van der Waals surface area contributed by atoms with Crippen molar-refractivity contribution in [1.82, 2.24) is 10.2 Å². The standard InChI is InChI=1S/C29H33FN2O2S/c1-3-22(2)31-29(34)27(18-23-12-6-4-7-13-23)32(19-25-16-10-11-17-26(25)30)28(33)21-35-20-24-14-8-5-9-15-24/h4-17,22,27H,3,18-21H2,1-2H3,(H,31,34). The van der Waals surface area contributed by atoms with Gasteiger partial charge in [-0.15, -0.1) is 11.8 Å².